The molecule has 4 saturated heterocycles. The molecule has 1 unspecified atom stereocenters. The fourth-order valence-corrected chi connectivity index (χ4v) is 9.42. The normalized spacial score (nSPS) is 23.4. The quantitative estimate of drug-likeness (QED) is 0.198. The number of carbonyl (C=O) groups excluding carboxylic acids is 1. The SMILES string of the molecule is C=CC(=O)N1CC2(CCN(c3nc(N4CC[C@H](N5CCC(C)C5)C4)nc4c(OCC(F)(F)F)c(-c5c(C)ccc6[nH]ncc56)c(C5CC5)cc34)CC2)C1. The van der Waals surface area contributed by atoms with Crippen molar-refractivity contribution >= 4 is 39.5 Å². The maximum atomic E-state index is 14.1. The molecule has 1 saturated carbocycles. The van der Waals surface area contributed by atoms with Gasteiger partial charge in [-0.25, -0.2) is 4.98 Å². The Hall–Kier alpha value is -4.39. The molecule has 5 fully saturated rings. The molecule has 4 aliphatic heterocycles. The van der Waals surface area contributed by atoms with Crippen LogP contribution in [0.2, 0.25) is 0 Å². The molecule has 2 aromatic heterocycles. The number of aromatic amines is 1. The second-order valence-electron chi connectivity index (χ2n) is 16.3. The van der Waals surface area contributed by atoms with Crippen molar-refractivity contribution in [2.24, 2.45) is 11.3 Å². The Labute approximate surface area is 307 Å². The molecule has 2 aromatic carbocycles. The molecule has 10 nitrogen and oxygen atoms in total. The van der Waals surface area contributed by atoms with E-state index in [9.17, 15) is 18.0 Å². The van der Waals surface area contributed by atoms with Gasteiger partial charge >= 0.3 is 6.18 Å². The maximum absolute atomic E-state index is 14.1. The van der Waals surface area contributed by atoms with E-state index in [0.29, 0.717) is 29.0 Å². The van der Waals surface area contributed by atoms with Gasteiger partial charge in [0.05, 0.1) is 11.7 Å². The summed E-state index contributed by atoms with van der Waals surface area (Å²) < 4.78 is 48.4. The first kappa shape index (κ1) is 34.4. The first-order chi connectivity index (χ1) is 25.5. The summed E-state index contributed by atoms with van der Waals surface area (Å²) in [6.45, 7) is 13.1. The number of aromatic nitrogens is 4. The van der Waals surface area contributed by atoms with E-state index in [1.54, 1.807) is 6.20 Å². The van der Waals surface area contributed by atoms with E-state index in [0.717, 1.165) is 123 Å². The van der Waals surface area contributed by atoms with E-state index < -0.39 is 12.8 Å². The lowest BCUT2D eigenvalue weighted by Crippen LogP contribution is -2.61. The summed E-state index contributed by atoms with van der Waals surface area (Å²) in [6, 6.07) is 6.47. The van der Waals surface area contributed by atoms with Gasteiger partial charge in [0, 0.05) is 73.6 Å². The average molecular weight is 729 g/mol. The van der Waals surface area contributed by atoms with Crippen LogP contribution in [0.3, 0.4) is 0 Å². The molecule has 6 heterocycles. The zero-order valence-corrected chi connectivity index (χ0v) is 30.5. The lowest BCUT2D eigenvalue weighted by Gasteiger charge is -2.54. The molecule has 1 spiro atoms. The zero-order chi connectivity index (χ0) is 36.6. The van der Waals surface area contributed by atoms with Gasteiger partial charge in [0.2, 0.25) is 11.9 Å². The van der Waals surface area contributed by atoms with E-state index in [-0.39, 0.29) is 23.0 Å². The summed E-state index contributed by atoms with van der Waals surface area (Å²) >= 11 is 0. The van der Waals surface area contributed by atoms with Crippen molar-refractivity contribution < 1.29 is 22.7 Å². The number of H-pyrrole nitrogens is 1. The predicted octanol–water partition coefficient (Wildman–Crippen LogP) is 6.84. The van der Waals surface area contributed by atoms with E-state index in [2.05, 4.69) is 44.5 Å². The van der Waals surface area contributed by atoms with Crippen LogP contribution < -0.4 is 14.5 Å². The number of nitrogens with zero attached hydrogens (tertiary/aromatic N) is 7. The number of ether oxygens (including phenoxy) is 1. The standard InChI is InChI=1S/C40H47F3N8O2/c1-4-32(52)51-21-39(22-51)11-15-48(16-12-39)37-29-17-28(26-6-7-26)34(33-25(3)5-8-31-30(33)18-44-47-31)36(53-23-40(41,42)43)35(29)45-38(46-37)50-14-10-27(20-50)49-13-9-24(2)19-49/h4-5,8,17-18,24,26-27H,1,6-7,9-16,19-23H2,2-3H3,(H,44,47)/t24?,27-/m0/s1. The minimum Gasteiger partial charge on any atom is -0.481 e. The highest BCUT2D eigenvalue weighted by molar-refractivity contribution is 6.06. The number of hydrogen-bond acceptors (Lipinski definition) is 8. The molecule has 4 aromatic rings. The third kappa shape index (κ3) is 6.28. The van der Waals surface area contributed by atoms with Gasteiger partial charge in [0.15, 0.2) is 12.4 Å². The van der Waals surface area contributed by atoms with Gasteiger partial charge in [-0.3, -0.25) is 14.8 Å². The van der Waals surface area contributed by atoms with Crippen molar-refractivity contribution in [3.8, 4) is 16.9 Å². The second kappa shape index (κ2) is 12.9. The Kier molecular flexibility index (Phi) is 8.36. The number of aryl methyl sites for hydroxylation is 1. The molecular formula is C40H47F3N8O2. The monoisotopic (exact) mass is 728 g/mol. The molecule has 280 valence electrons. The zero-order valence-electron chi connectivity index (χ0n) is 30.5. The number of fused-ring (bicyclic) bond motifs is 2. The van der Waals surface area contributed by atoms with Crippen molar-refractivity contribution in [1.82, 2.24) is 30.0 Å². The summed E-state index contributed by atoms with van der Waals surface area (Å²) in [5.41, 5.74) is 4.69. The number of amides is 1. The predicted molar refractivity (Wildman–Crippen MR) is 200 cm³/mol. The number of rotatable bonds is 8. The highest BCUT2D eigenvalue weighted by Crippen LogP contribution is 2.53. The number of benzene rings is 2. The highest BCUT2D eigenvalue weighted by Gasteiger charge is 2.47. The Bertz CT molecular complexity index is 2080. The van der Waals surface area contributed by atoms with Crippen molar-refractivity contribution in [1.29, 1.82) is 0 Å². The van der Waals surface area contributed by atoms with Gasteiger partial charge in [-0.1, -0.05) is 19.6 Å². The smallest absolute Gasteiger partial charge is 0.422 e. The fourth-order valence-electron chi connectivity index (χ4n) is 9.42. The first-order valence-corrected chi connectivity index (χ1v) is 19.2. The molecule has 2 atom stereocenters. The number of piperidine rings is 1. The van der Waals surface area contributed by atoms with Crippen LogP contribution in [0.4, 0.5) is 24.9 Å². The number of nitrogens with one attached hydrogen (secondary N) is 1. The van der Waals surface area contributed by atoms with Crippen molar-refractivity contribution in [3.05, 3.63) is 48.2 Å². The molecule has 1 aliphatic carbocycles. The van der Waals surface area contributed by atoms with Gasteiger partial charge in [-0.15, -0.1) is 0 Å². The largest absolute Gasteiger partial charge is 0.481 e. The average Bonchev–Trinajstić information content (AvgIpc) is 3.45. The molecule has 0 bridgehead atoms. The fraction of sp³-hybridized carbons (Fsp3) is 0.550. The number of hydrogen-bond donors (Lipinski definition) is 1. The molecule has 9 rings (SSSR count). The van der Waals surface area contributed by atoms with E-state index in [1.165, 1.54) is 12.5 Å². The molecule has 5 aliphatic rings. The van der Waals surface area contributed by atoms with Crippen LogP contribution in [0.25, 0.3) is 32.9 Å². The Morgan fingerprint density at radius 2 is 1.81 bits per heavy atom. The van der Waals surface area contributed by atoms with Crippen LogP contribution in [0.15, 0.2) is 37.1 Å². The van der Waals surface area contributed by atoms with Crippen LogP contribution in [0, 0.1) is 18.3 Å². The summed E-state index contributed by atoms with van der Waals surface area (Å²) in [4.78, 5) is 31.7. The lowest BCUT2D eigenvalue weighted by molar-refractivity contribution is -0.153. The van der Waals surface area contributed by atoms with Gasteiger partial charge in [-0.2, -0.15) is 23.3 Å². The van der Waals surface area contributed by atoms with Crippen molar-refractivity contribution in [3.63, 3.8) is 0 Å². The first-order valence-electron chi connectivity index (χ1n) is 19.2. The molecule has 13 heteroatoms. The van der Waals surface area contributed by atoms with Gasteiger partial charge in [0.25, 0.3) is 0 Å². The van der Waals surface area contributed by atoms with Crippen LogP contribution in [-0.4, -0.2) is 107 Å². The van der Waals surface area contributed by atoms with Crippen molar-refractivity contribution in [2.75, 3.05) is 68.8 Å². The van der Waals surface area contributed by atoms with Crippen LogP contribution in [-0.2, 0) is 4.79 Å². The van der Waals surface area contributed by atoms with Crippen LogP contribution in [0.1, 0.15) is 62.5 Å². The lowest BCUT2D eigenvalue weighted by atomic mass is 9.72. The summed E-state index contributed by atoms with van der Waals surface area (Å²) in [5, 5.41) is 8.93. The summed E-state index contributed by atoms with van der Waals surface area (Å²) in [6.07, 6.45) is 4.43. The highest BCUT2D eigenvalue weighted by atomic mass is 19.4. The third-order valence-corrected chi connectivity index (χ3v) is 12.5. The minimum atomic E-state index is -4.55. The van der Waals surface area contributed by atoms with Crippen LogP contribution in [0.5, 0.6) is 5.75 Å². The van der Waals surface area contributed by atoms with Gasteiger partial charge in [0.1, 0.15) is 11.3 Å². The maximum Gasteiger partial charge on any atom is 0.422 e. The number of halogens is 3. The molecule has 1 N–H and O–H groups in total. The minimum absolute atomic E-state index is 0.0343. The molecular weight excluding hydrogens is 681 g/mol. The summed E-state index contributed by atoms with van der Waals surface area (Å²) in [5.74, 6) is 2.27. The van der Waals surface area contributed by atoms with Gasteiger partial charge < -0.3 is 19.4 Å². The topological polar surface area (TPSA) is 93.7 Å². The molecule has 0 radical (unpaired) electrons. The Morgan fingerprint density at radius 1 is 1.02 bits per heavy atom. The Morgan fingerprint density at radius 3 is 2.51 bits per heavy atom. The Balaban J connectivity index is 1.20. The van der Waals surface area contributed by atoms with E-state index in [1.807, 2.05) is 24.0 Å². The van der Waals surface area contributed by atoms with E-state index in [4.69, 9.17) is 14.7 Å². The van der Waals surface area contributed by atoms with E-state index >= 15 is 0 Å². The van der Waals surface area contributed by atoms with Crippen molar-refractivity contribution in [2.45, 2.75) is 70.5 Å². The second-order valence-corrected chi connectivity index (χ2v) is 16.3. The van der Waals surface area contributed by atoms with Crippen LogP contribution >= 0.6 is 0 Å². The molecule has 1 amide bonds. The summed E-state index contributed by atoms with van der Waals surface area (Å²) in [7, 11) is 0. The number of likely N-dealkylation sites (tertiary alicyclic amines) is 2. The third-order valence-electron chi connectivity index (χ3n) is 12.5. The number of anilines is 2. The number of alkyl halides is 3. The molecule has 53 heavy (non-hydrogen) atoms. The van der Waals surface area contributed by atoms with Gasteiger partial charge in [-0.05, 0) is 98.7 Å². The number of carbonyl (C=O) groups is 1.